The highest BCUT2D eigenvalue weighted by Crippen LogP contribution is 2.20. The van der Waals surface area contributed by atoms with E-state index in [0.29, 0.717) is 16.5 Å². The third-order valence-corrected chi connectivity index (χ3v) is 3.12. The monoisotopic (exact) mass is 331 g/mol. The Balaban J connectivity index is 1.58. The summed E-state index contributed by atoms with van der Waals surface area (Å²) >= 11 is 5.82. The van der Waals surface area contributed by atoms with E-state index in [4.69, 9.17) is 20.9 Å². The van der Waals surface area contributed by atoms with Crippen molar-refractivity contribution in [1.29, 1.82) is 0 Å². The number of hydrogen-bond donors (Lipinski definition) is 0. The van der Waals surface area contributed by atoms with Gasteiger partial charge in [-0.3, -0.25) is 0 Å². The minimum Gasteiger partial charge on any atom is -0.417 e. The Kier molecular flexibility index (Phi) is 4.63. The van der Waals surface area contributed by atoms with Crippen LogP contribution in [0.4, 0.5) is 4.39 Å². The first-order valence-corrected chi connectivity index (χ1v) is 7.08. The van der Waals surface area contributed by atoms with Crippen molar-refractivity contribution in [2.45, 2.75) is 6.61 Å². The molecule has 3 rings (SSSR count). The van der Waals surface area contributed by atoms with Gasteiger partial charge in [0.15, 0.2) is 6.61 Å². The lowest BCUT2D eigenvalue weighted by atomic mass is 10.2. The summed E-state index contributed by atoms with van der Waals surface area (Å²) in [5, 5.41) is 12.2. The molecule has 0 fully saturated rings. The van der Waals surface area contributed by atoms with Gasteiger partial charge >= 0.3 is 0 Å². The van der Waals surface area contributed by atoms with Crippen LogP contribution in [0.5, 0.6) is 0 Å². The van der Waals surface area contributed by atoms with E-state index in [0.717, 1.165) is 5.56 Å². The number of benzene rings is 2. The van der Waals surface area contributed by atoms with Gasteiger partial charge in [0, 0.05) is 10.6 Å². The maximum atomic E-state index is 13.0. The molecule has 0 saturated heterocycles. The predicted octanol–water partition coefficient (Wildman–Crippen LogP) is 4.08. The number of nitrogens with zero attached hydrogens (tertiary/aromatic N) is 3. The van der Waals surface area contributed by atoms with Crippen LogP contribution in [0.25, 0.3) is 11.5 Å². The van der Waals surface area contributed by atoms with Crippen LogP contribution in [0, 0.1) is 5.82 Å². The van der Waals surface area contributed by atoms with Crippen LogP contribution in [0.15, 0.2) is 58.1 Å². The van der Waals surface area contributed by atoms with E-state index in [-0.39, 0.29) is 18.3 Å². The second-order valence-electron chi connectivity index (χ2n) is 4.57. The summed E-state index contributed by atoms with van der Waals surface area (Å²) in [6.45, 7) is 0.0202. The molecule has 7 heteroatoms. The molecule has 23 heavy (non-hydrogen) atoms. The average molecular weight is 332 g/mol. The molecule has 0 bridgehead atoms. The van der Waals surface area contributed by atoms with Gasteiger partial charge in [-0.1, -0.05) is 28.9 Å². The van der Waals surface area contributed by atoms with Crippen LogP contribution in [-0.4, -0.2) is 16.4 Å². The van der Waals surface area contributed by atoms with Gasteiger partial charge in [0.25, 0.3) is 5.89 Å². The van der Waals surface area contributed by atoms with E-state index < -0.39 is 0 Å². The standard InChI is InChI=1S/C16H11ClFN3O2/c17-13-6-4-12(5-7-13)16-21-20-15(23-16)10-22-19-9-11-2-1-3-14(18)8-11/h1-9H,10H2/b19-9-. The second-order valence-corrected chi connectivity index (χ2v) is 5.01. The molecule has 0 aliphatic rings. The predicted molar refractivity (Wildman–Crippen MR) is 83.5 cm³/mol. The molecule has 5 nitrogen and oxygen atoms in total. The minimum absolute atomic E-state index is 0.0202. The fourth-order valence-corrected chi connectivity index (χ4v) is 1.92. The fourth-order valence-electron chi connectivity index (χ4n) is 1.80. The number of halogens is 2. The summed E-state index contributed by atoms with van der Waals surface area (Å²) < 4.78 is 18.4. The molecule has 0 spiro atoms. The maximum absolute atomic E-state index is 13.0. The van der Waals surface area contributed by atoms with Crippen molar-refractivity contribution >= 4 is 17.8 Å². The minimum atomic E-state index is -0.335. The number of aromatic nitrogens is 2. The summed E-state index contributed by atoms with van der Waals surface area (Å²) in [6.07, 6.45) is 1.40. The van der Waals surface area contributed by atoms with E-state index >= 15 is 0 Å². The molecular formula is C16H11ClFN3O2. The highest BCUT2D eigenvalue weighted by molar-refractivity contribution is 6.30. The van der Waals surface area contributed by atoms with Crippen LogP contribution < -0.4 is 0 Å². The summed E-state index contributed by atoms with van der Waals surface area (Å²) in [5.41, 5.74) is 1.36. The van der Waals surface area contributed by atoms with E-state index in [1.807, 2.05) is 0 Å². The molecule has 0 unspecified atom stereocenters. The molecule has 0 N–H and O–H groups in total. The Morgan fingerprint density at radius 1 is 1.17 bits per heavy atom. The van der Waals surface area contributed by atoms with Gasteiger partial charge in [0.05, 0.1) is 6.21 Å². The quantitative estimate of drug-likeness (QED) is 0.522. The molecular weight excluding hydrogens is 321 g/mol. The Hall–Kier alpha value is -2.73. The van der Waals surface area contributed by atoms with Crippen LogP contribution >= 0.6 is 11.6 Å². The van der Waals surface area contributed by atoms with Gasteiger partial charge in [-0.2, -0.15) is 0 Å². The lowest BCUT2D eigenvalue weighted by Crippen LogP contribution is -1.89. The fraction of sp³-hybridized carbons (Fsp3) is 0.0625. The molecule has 0 amide bonds. The van der Waals surface area contributed by atoms with Crippen molar-refractivity contribution in [1.82, 2.24) is 10.2 Å². The van der Waals surface area contributed by atoms with E-state index in [1.165, 1.54) is 18.3 Å². The van der Waals surface area contributed by atoms with Crippen LogP contribution in [-0.2, 0) is 11.4 Å². The first-order valence-electron chi connectivity index (χ1n) is 6.70. The van der Waals surface area contributed by atoms with Crippen LogP contribution in [0.2, 0.25) is 5.02 Å². The summed E-state index contributed by atoms with van der Waals surface area (Å²) in [6, 6.07) is 13.0. The molecule has 0 aliphatic heterocycles. The lowest BCUT2D eigenvalue weighted by Gasteiger charge is -1.96. The molecule has 0 atom stereocenters. The van der Waals surface area contributed by atoms with Crippen molar-refractivity contribution in [2.75, 3.05) is 0 Å². The van der Waals surface area contributed by atoms with Crippen molar-refractivity contribution in [3.63, 3.8) is 0 Å². The normalized spacial score (nSPS) is 11.0. The molecule has 0 saturated carbocycles. The van der Waals surface area contributed by atoms with Crippen molar-refractivity contribution in [3.8, 4) is 11.5 Å². The average Bonchev–Trinajstić information content (AvgIpc) is 3.01. The molecule has 0 radical (unpaired) electrons. The Labute approximate surface area is 136 Å². The molecule has 1 heterocycles. The summed E-state index contributed by atoms with van der Waals surface area (Å²) in [4.78, 5) is 5.06. The maximum Gasteiger partial charge on any atom is 0.257 e. The Morgan fingerprint density at radius 2 is 2.00 bits per heavy atom. The lowest BCUT2D eigenvalue weighted by molar-refractivity contribution is 0.112. The molecule has 2 aromatic carbocycles. The number of rotatable bonds is 5. The topological polar surface area (TPSA) is 60.5 Å². The number of oxime groups is 1. The molecule has 0 aliphatic carbocycles. The first kappa shape index (κ1) is 15.2. The smallest absolute Gasteiger partial charge is 0.257 e. The van der Waals surface area contributed by atoms with Crippen LogP contribution in [0.1, 0.15) is 11.5 Å². The highest BCUT2D eigenvalue weighted by Gasteiger charge is 2.08. The van der Waals surface area contributed by atoms with Gasteiger partial charge in [0.1, 0.15) is 5.82 Å². The summed E-state index contributed by atoms with van der Waals surface area (Å²) in [7, 11) is 0. The van der Waals surface area contributed by atoms with Crippen molar-refractivity contribution < 1.29 is 13.6 Å². The van der Waals surface area contributed by atoms with Gasteiger partial charge in [-0.05, 0) is 42.0 Å². The Bertz CT molecular complexity index is 818. The summed E-state index contributed by atoms with van der Waals surface area (Å²) in [5.74, 6) is 0.319. The van der Waals surface area contributed by atoms with Gasteiger partial charge < -0.3 is 9.25 Å². The highest BCUT2D eigenvalue weighted by atomic mass is 35.5. The van der Waals surface area contributed by atoms with E-state index in [2.05, 4.69) is 15.4 Å². The van der Waals surface area contributed by atoms with E-state index in [9.17, 15) is 4.39 Å². The molecule has 1 aromatic heterocycles. The Morgan fingerprint density at radius 3 is 2.78 bits per heavy atom. The molecule has 3 aromatic rings. The largest absolute Gasteiger partial charge is 0.417 e. The SMILES string of the molecule is Fc1cccc(/C=N\OCc2nnc(-c3ccc(Cl)cc3)o2)c1. The third kappa shape index (κ3) is 4.14. The first-order chi connectivity index (χ1) is 11.2. The van der Waals surface area contributed by atoms with Gasteiger partial charge in [-0.25, -0.2) is 4.39 Å². The zero-order valence-electron chi connectivity index (χ0n) is 11.8. The van der Waals surface area contributed by atoms with Gasteiger partial charge in [-0.15, -0.1) is 10.2 Å². The zero-order valence-corrected chi connectivity index (χ0v) is 12.6. The van der Waals surface area contributed by atoms with Gasteiger partial charge in [0.2, 0.25) is 5.89 Å². The molecule has 116 valence electrons. The van der Waals surface area contributed by atoms with Crippen LogP contribution in [0.3, 0.4) is 0 Å². The third-order valence-electron chi connectivity index (χ3n) is 2.87. The zero-order chi connectivity index (χ0) is 16.1. The van der Waals surface area contributed by atoms with E-state index in [1.54, 1.807) is 36.4 Å². The number of hydrogen-bond acceptors (Lipinski definition) is 5. The van der Waals surface area contributed by atoms with Crippen molar-refractivity contribution in [3.05, 3.63) is 70.8 Å². The van der Waals surface area contributed by atoms with Crippen molar-refractivity contribution in [2.24, 2.45) is 5.16 Å². The second kappa shape index (κ2) is 7.02.